The molecule has 0 unspecified atom stereocenters. The van der Waals surface area contributed by atoms with Crippen LogP contribution in [0.25, 0.3) is 10.9 Å². The number of fused-ring (bicyclic) bond motifs is 1. The average molecular weight is 394 g/mol. The third kappa shape index (κ3) is 4.58. The van der Waals surface area contributed by atoms with E-state index in [0.29, 0.717) is 12.1 Å². The Hall–Kier alpha value is -2.47. The molecule has 2 aliphatic rings. The minimum atomic E-state index is -0.294. The Bertz CT molecular complexity index is 924. The summed E-state index contributed by atoms with van der Waals surface area (Å²) in [5, 5.41) is 4.87. The van der Waals surface area contributed by atoms with Crippen molar-refractivity contribution in [3.63, 3.8) is 0 Å². The molecule has 0 atom stereocenters. The van der Waals surface area contributed by atoms with Gasteiger partial charge in [0.1, 0.15) is 11.7 Å². The summed E-state index contributed by atoms with van der Waals surface area (Å²) in [6, 6.07) is 9.50. The summed E-state index contributed by atoms with van der Waals surface area (Å²) in [5.74, 6) is 0.787. The molecule has 154 valence electrons. The number of carbonyl (C=O) groups is 1. The maximum Gasteiger partial charge on any atom is 0.244 e. The van der Waals surface area contributed by atoms with Crippen LogP contribution < -0.4 is 16.0 Å². The molecule has 1 amide bonds. The summed E-state index contributed by atoms with van der Waals surface area (Å²) in [7, 11) is 0. The number of aromatic nitrogens is 1. The average Bonchev–Trinajstić information content (AvgIpc) is 3.20. The summed E-state index contributed by atoms with van der Waals surface area (Å²) >= 11 is 0. The number of hydrogen-bond donors (Lipinski definition) is 2. The van der Waals surface area contributed by atoms with Crippen molar-refractivity contribution in [2.24, 2.45) is 10.7 Å². The van der Waals surface area contributed by atoms with Gasteiger partial charge < -0.3 is 16.0 Å². The van der Waals surface area contributed by atoms with E-state index >= 15 is 0 Å². The number of amides is 1. The van der Waals surface area contributed by atoms with Crippen LogP contribution in [-0.4, -0.2) is 41.9 Å². The Morgan fingerprint density at radius 2 is 1.83 bits per heavy atom. The van der Waals surface area contributed by atoms with Gasteiger partial charge in [0, 0.05) is 37.5 Å². The molecule has 1 aliphatic heterocycles. The van der Waals surface area contributed by atoms with Gasteiger partial charge in [-0.2, -0.15) is 4.99 Å². The molecule has 0 bridgehead atoms. The molecule has 1 saturated heterocycles. The van der Waals surface area contributed by atoms with Gasteiger partial charge in [-0.3, -0.25) is 4.79 Å². The Balaban J connectivity index is 1.60. The summed E-state index contributed by atoms with van der Waals surface area (Å²) in [6.45, 7) is 5.33. The van der Waals surface area contributed by atoms with Crippen molar-refractivity contribution in [2.45, 2.75) is 64.5 Å². The zero-order valence-electron chi connectivity index (χ0n) is 17.4. The second-order valence-corrected chi connectivity index (χ2v) is 8.48. The number of piperidine rings is 1. The molecular weight excluding hydrogens is 362 g/mol. The number of nitrogens with two attached hydrogens (primary N) is 1. The van der Waals surface area contributed by atoms with Crippen LogP contribution in [0.2, 0.25) is 0 Å². The summed E-state index contributed by atoms with van der Waals surface area (Å²) in [5.41, 5.74) is 9.08. The van der Waals surface area contributed by atoms with Gasteiger partial charge in [-0.05, 0) is 50.8 Å². The predicted octanol–water partition coefficient (Wildman–Crippen LogP) is 3.30. The number of benzene rings is 1. The molecule has 2 aromatic rings. The normalized spacial score (nSPS) is 19.2. The van der Waals surface area contributed by atoms with Crippen LogP contribution in [0, 0.1) is 6.92 Å². The van der Waals surface area contributed by atoms with Crippen LogP contribution >= 0.6 is 0 Å². The first-order valence-electron chi connectivity index (χ1n) is 10.8. The van der Waals surface area contributed by atoms with Gasteiger partial charge in [0.2, 0.25) is 5.91 Å². The zero-order chi connectivity index (χ0) is 20.4. The molecule has 1 aliphatic carbocycles. The Labute approximate surface area is 172 Å². The van der Waals surface area contributed by atoms with Crippen molar-refractivity contribution < 1.29 is 4.79 Å². The van der Waals surface area contributed by atoms with Gasteiger partial charge >= 0.3 is 0 Å². The van der Waals surface area contributed by atoms with Crippen molar-refractivity contribution in [3.8, 4) is 0 Å². The second kappa shape index (κ2) is 8.49. The van der Waals surface area contributed by atoms with Crippen LogP contribution in [-0.2, 0) is 4.79 Å². The van der Waals surface area contributed by atoms with E-state index in [2.05, 4.69) is 34.3 Å². The molecule has 3 N–H and O–H groups in total. The lowest BCUT2D eigenvalue weighted by Crippen LogP contribution is -2.46. The topological polar surface area (TPSA) is 83.6 Å². The fourth-order valence-electron chi connectivity index (χ4n) is 4.63. The predicted molar refractivity (Wildman–Crippen MR) is 119 cm³/mol. The van der Waals surface area contributed by atoms with E-state index < -0.39 is 0 Å². The molecule has 6 nitrogen and oxygen atoms in total. The molecule has 0 radical (unpaired) electrons. The molecule has 1 saturated carbocycles. The highest BCUT2D eigenvalue weighted by Gasteiger charge is 2.26. The van der Waals surface area contributed by atoms with Crippen LogP contribution in [0.1, 0.15) is 56.6 Å². The van der Waals surface area contributed by atoms with E-state index in [1.165, 1.54) is 38.2 Å². The molecule has 0 spiro atoms. The van der Waals surface area contributed by atoms with E-state index in [1.807, 2.05) is 12.1 Å². The Kier molecular flexibility index (Phi) is 5.81. The quantitative estimate of drug-likeness (QED) is 0.615. The largest absolute Gasteiger partial charge is 0.383 e. The fourth-order valence-corrected chi connectivity index (χ4v) is 4.63. The number of nitrogens with one attached hydrogen (secondary N) is 1. The van der Waals surface area contributed by atoms with Crippen molar-refractivity contribution in [1.29, 1.82) is 0 Å². The lowest BCUT2D eigenvalue weighted by atomic mass is 10.0. The number of aliphatic imine (C=N–C) groups is 1. The fraction of sp³-hybridized carbons (Fsp3) is 0.522. The number of rotatable bonds is 4. The molecule has 2 heterocycles. The van der Waals surface area contributed by atoms with Gasteiger partial charge in [-0.25, -0.2) is 4.98 Å². The van der Waals surface area contributed by atoms with Crippen molar-refractivity contribution in [3.05, 3.63) is 35.4 Å². The van der Waals surface area contributed by atoms with Crippen LogP contribution in [0.15, 0.2) is 29.3 Å². The first-order chi connectivity index (χ1) is 14.0. The molecule has 1 aromatic carbocycles. The van der Waals surface area contributed by atoms with Crippen LogP contribution in [0.4, 0.5) is 5.82 Å². The summed E-state index contributed by atoms with van der Waals surface area (Å²) in [6.07, 6.45) is 7.52. The number of carbonyl (C=O) groups excluding carboxylic acids is 1. The number of nitrogens with zero attached hydrogens (tertiary/aromatic N) is 3. The second-order valence-electron chi connectivity index (χ2n) is 8.48. The van der Waals surface area contributed by atoms with E-state index in [-0.39, 0.29) is 11.7 Å². The molecular formula is C23H31N5O. The first kappa shape index (κ1) is 19.8. The lowest BCUT2D eigenvalue weighted by molar-refractivity contribution is -0.115. The standard InChI is InChI=1S/C23H31N5O/c1-15-7-8-21-17(13-15)14-20(22(24)25-16(2)29)23(27-21)28-11-9-19(10-12-28)26-18-5-3-4-6-18/h7-8,13-14,18-19,26H,3-6,9-12H2,1-2H3,(H2,24,25,29). The molecule has 6 heteroatoms. The number of amidine groups is 1. The first-order valence-corrected chi connectivity index (χ1v) is 10.8. The summed E-state index contributed by atoms with van der Waals surface area (Å²) in [4.78, 5) is 22.7. The van der Waals surface area contributed by atoms with Crippen molar-refractivity contribution in [1.82, 2.24) is 10.3 Å². The lowest BCUT2D eigenvalue weighted by Gasteiger charge is -2.35. The highest BCUT2D eigenvalue weighted by molar-refractivity contribution is 6.08. The van der Waals surface area contributed by atoms with E-state index in [4.69, 9.17) is 10.7 Å². The van der Waals surface area contributed by atoms with Gasteiger partial charge in [0.05, 0.1) is 11.1 Å². The third-order valence-electron chi connectivity index (χ3n) is 6.13. The van der Waals surface area contributed by atoms with Crippen LogP contribution in [0.5, 0.6) is 0 Å². The Morgan fingerprint density at radius 3 is 2.52 bits per heavy atom. The maximum atomic E-state index is 11.5. The van der Waals surface area contributed by atoms with Gasteiger partial charge in [0.15, 0.2) is 0 Å². The van der Waals surface area contributed by atoms with Gasteiger partial charge in [-0.15, -0.1) is 0 Å². The summed E-state index contributed by atoms with van der Waals surface area (Å²) < 4.78 is 0. The van der Waals surface area contributed by atoms with E-state index in [9.17, 15) is 4.79 Å². The number of anilines is 1. The zero-order valence-corrected chi connectivity index (χ0v) is 17.4. The monoisotopic (exact) mass is 393 g/mol. The number of pyridine rings is 1. The van der Waals surface area contributed by atoms with E-state index in [1.54, 1.807) is 0 Å². The van der Waals surface area contributed by atoms with Crippen LogP contribution in [0.3, 0.4) is 0 Å². The van der Waals surface area contributed by atoms with Gasteiger partial charge in [0.25, 0.3) is 0 Å². The molecule has 4 rings (SSSR count). The highest BCUT2D eigenvalue weighted by atomic mass is 16.1. The minimum absolute atomic E-state index is 0.245. The highest BCUT2D eigenvalue weighted by Crippen LogP contribution is 2.28. The van der Waals surface area contributed by atoms with Crippen molar-refractivity contribution >= 4 is 28.5 Å². The molecule has 2 fully saturated rings. The number of hydrogen-bond acceptors (Lipinski definition) is 4. The third-order valence-corrected chi connectivity index (χ3v) is 6.13. The SMILES string of the molecule is CC(=O)N=C(N)c1cc2cc(C)ccc2nc1N1CCC(NC2CCCC2)CC1. The molecule has 29 heavy (non-hydrogen) atoms. The Morgan fingerprint density at radius 1 is 1.14 bits per heavy atom. The van der Waals surface area contributed by atoms with Gasteiger partial charge in [-0.1, -0.05) is 24.5 Å². The maximum absolute atomic E-state index is 11.5. The van der Waals surface area contributed by atoms with E-state index in [0.717, 1.165) is 48.2 Å². The van der Waals surface area contributed by atoms with Crippen molar-refractivity contribution in [2.75, 3.05) is 18.0 Å². The minimum Gasteiger partial charge on any atom is -0.383 e. The molecule has 1 aromatic heterocycles. The smallest absolute Gasteiger partial charge is 0.244 e. The number of aryl methyl sites for hydroxylation is 1.